The highest BCUT2D eigenvalue weighted by Crippen LogP contribution is 2.49. The summed E-state index contributed by atoms with van der Waals surface area (Å²) in [5.41, 5.74) is 0.718. The maximum absolute atomic E-state index is 4.72. The lowest BCUT2D eigenvalue weighted by atomic mass is 9.68. The van der Waals surface area contributed by atoms with Crippen LogP contribution in [0.4, 0.5) is 5.13 Å². The Bertz CT molecular complexity index is 415. The average Bonchev–Trinajstić information content (AvgIpc) is 2.82. The van der Waals surface area contributed by atoms with Crippen LogP contribution in [0.2, 0.25) is 0 Å². The van der Waals surface area contributed by atoms with E-state index in [1.165, 1.54) is 38.8 Å². The zero-order valence-corrected chi connectivity index (χ0v) is 11.8. The van der Waals surface area contributed by atoms with E-state index in [2.05, 4.69) is 30.0 Å². The monoisotopic (exact) mass is 251 g/mol. The van der Waals surface area contributed by atoms with Gasteiger partial charge in [-0.3, -0.25) is 0 Å². The molecule has 3 rings (SSSR count). The summed E-state index contributed by atoms with van der Waals surface area (Å²) >= 11 is 1.57. The van der Waals surface area contributed by atoms with Gasteiger partial charge in [-0.25, -0.2) is 4.98 Å². The highest BCUT2D eigenvalue weighted by Gasteiger charge is 2.43. The van der Waals surface area contributed by atoms with E-state index in [1.807, 2.05) is 0 Å². The third kappa shape index (κ3) is 1.96. The number of hydrogen-bond acceptors (Lipinski definition) is 4. The van der Waals surface area contributed by atoms with Gasteiger partial charge < -0.3 is 4.90 Å². The second-order valence-electron chi connectivity index (χ2n) is 6.68. The second-order valence-corrected chi connectivity index (χ2v) is 7.41. The molecule has 2 fully saturated rings. The van der Waals surface area contributed by atoms with E-state index < -0.39 is 0 Å². The van der Waals surface area contributed by atoms with Crippen molar-refractivity contribution in [3.8, 4) is 0 Å². The SMILES string of the molecule is CC(C)(C)c1nsc(N2CCC3(CCC3)C2)n1. The van der Waals surface area contributed by atoms with Gasteiger partial charge in [-0.1, -0.05) is 27.2 Å². The maximum Gasteiger partial charge on any atom is 0.205 e. The highest BCUT2D eigenvalue weighted by atomic mass is 32.1. The van der Waals surface area contributed by atoms with Crippen molar-refractivity contribution in [2.24, 2.45) is 5.41 Å². The molecule has 94 valence electrons. The van der Waals surface area contributed by atoms with Crippen molar-refractivity contribution in [3.05, 3.63) is 5.82 Å². The summed E-state index contributed by atoms with van der Waals surface area (Å²) in [5.74, 6) is 0.993. The average molecular weight is 251 g/mol. The predicted molar refractivity (Wildman–Crippen MR) is 71.7 cm³/mol. The molecule has 1 aromatic rings. The molecule has 0 radical (unpaired) electrons. The number of nitrogens with zero attached hydrogens (tertiary/aromatic N) is 3. The maximum atomic E-state index is 4.72. The molecule has 1 aliphatic carbocycles. The van der Waals surface area contributed by atoms with Crippen molar-refractivity contribution in [2.45, 2.75) is 51.9 Å². The van der Waals surface area contributed by atoms with Crippen molar-refractivity contribution in [2.75, 3.05) is 18.0 Å². The van der Waals surface area contributed by atoms with Gasteiger partial charge in [0.2, 0.25) is 5.13 Å². The van der Waals surface area contributed by atoms with Crippen molar-refractivity contribution in [1.82, 2.24) is 9.36 Å². The molecule has 3 nitrogen and oxygen atoms in total. The molecule has 0 amide bonds. The van der Waals surface area contributed by atoms with Gasteiger partial charge in [0.25, 0.3) is 0 Å². The summed E-state index contributed by atoms with van der Waals surface area (Å²) < 4.78 is 4.51. The fraction of sp³-hybridized carbons (Fsp3) is 0.846. The molecule has 17 heavy (non-hydrogen) atoms. The molecule has 2 heterocycles. The summed E-state index contributed by atoms with van der Waals surface area (Å²) in [4.78, 5) is 7.17. The Labute approximate surface area is 107 Å². The van der Waals surface area contributed by atoms with E-state index >= 15 is 0 Å². The standard InChI is InChI=1S/C13H21N3S/c1-12(2,3)10-14-11(17-15-10)16-8-7-13(9-16)5-4-6-13/h4-9H2,1-3H3. The Kier molecular flexibility index (Phi) is 2.47. The van der Waals surface area contributed by atoms with E-state index in [4.69, 9.17) is 4.98 Å². The Hall–Kier alpha value is -0.640. The Morgan fingerprint density at radius 1 is 1.24 bits per heavy atom. The van der Waals surface area contributed by atoms with Crippen LogP contribution in [0, 0.1) is 5.41 Å². The zero-order chi connectivity index (χ0) is 12.1. The van der Waals surface area contributed by atoms with Gasteiger partial charge in [0.1, 0.15) is 5.82 Å². The third-order valence-electron chi connectivity index (χ3n) is 4.21. The quantitative estimate of drug-likeness (QED) is 0.767. The molecule has 1 spiro atoms. The number of aromatic nitrogens is 2. The highest BCUT2D eigenvalue weighted by molar-refractivity contribution is 7.09. The van der Waals surface area contributed by atoms with Crippen LogP contribution in [0.5, 0.6) is 0 Å². The van der Waals surface area contributed by atoms with E-state index in [0.717, 1.165) is 11.0 Å². The van der Waals surface area contributed by atoms with E-state index in [0.29, 0.717) is 5.41 Å². The van der Waals surface area contributed by atoms with E-state index in [-0.39, 0.29) is 5.41 Å². The lowest BCUT2D eigenvalue weighted by molar-refractivity contribution is 0.165. The summed E-state index contributed by atoms with van der Waals surface area (Å²) in [6, 6.07) is 0. The number of rotatable bonds is 1. The largest absolute Gasteiger partial charge is 0.346 e. The van der Waals surface area contributed by atoms with Crippen molar-refractivity contribution < 1.29 is 0 Å². The summed E-state index contributed by atoms with van der Waals surface area (Å²) in [7, 11) is 0. The van der Waals surface area contributed by atoms with Gasteiger partial charge in [-0.15, -0.1) is 0 Å². The molecular formula is C13H21N3S. The molecular weight excluding hydrogens is 230 g/mol. The Balaban J connectivity index is 1.75. The van der Waals surface area contributed by atoms with Gasteiger partial charge in [0.15, 0.2) is 0 Å². The minimum atomic E-state index is 0.0721. The minimum absolute atomic E-state index is 0.0721. The predicted octanol–water partition coefficient (Wildman–Crippen LogP) is 3.22. The Morgan fingerprint density at radius 3 is 2.47 bits per heavy atom. The molecule has 0 aromatic carbocycles. The van der Waals surface area contributed by atoms with Crippen LogP contribution >= 0.6 is 11.5 Å². The molecule has 4 heteroatoms. The van der Waals surface area contributed by atoms with Crippen LogP contribution in [0.3, 0.4) is 0 Å². The van der Waals surface area contributed by atoms with E-state index in [1.54, 1.807) is 11.5 Å². The van der Waals surface area contributed by atoms with Crippen LogP contribution in [0.15, 0.2) is 0 Å². The van der Waals surface area contributed by atoms with Gasteiger partial charge >= 0.3 is 0 Å². The molecule has 2 aliphatic rings. The van der Waals surface area contributed by atoms with Gasteiger partial charge in [0.05, 0.1) is 0 Å². The van der Waals surface area contributed by atoms with Crippen LogP contribution in [-0.4, -0.2) is 22.4 Å². The smallest absolute Gasteiger partial charge is 0.205 e. The Morgan fingerprint density at radius 2 is 2.00 bits per heavy atom. The first-order valence-corrected chi connectivity index (χ1v) is 7.35. The molecule has 1 aromatic heterocycles. The third-order valence-corrected chi connectivity index (χ3v) is 4.99. The van der Waals surface area contributed by atoms with E-state index in [9.17, 15) is 0 Å². The molecule has 0 unspecified atom stereocenters. The van der Waals surface area contributed by atoms with Crippen molar-refractivity contribution >= 4 is 16.7 Å². The van der Waals surface area contributed by atoms with Crippen LogP contribution in [0.25, 0.3) is 0 Å². The van der Waals surface area contributed by atoms with Crippen molar-refractivity contribution in [3.63, 3.8) is 0 Å². The number of hydrogen-bond donors (Lipinski definition) is 0. The van der Waals surface area contributed by atoms with Crippen LogP contribution in [0.1, 0.15) is 52.3 Å². The molecule has 1 saturated heterocycles. The normalized spacial score (nSPS) is 23.1. The summed E-state index contributed by atoms with van der Waals surface area (Å²) in [6.07, 6.45) is 5.64. The minimum Gasteiger partial charge on any atom is -0.346 e. The topological polar surface area (TPSA) is 29.0 Å². The van der Waals surface area contributed by atoms with Crippen LogP contribution < -0.4 is 4.90 Å². The summed E-state index contributed by atoms with van der Waals surface area (Å²) in [5, 5.41) is 1.14. The number of anilines is 1. The molecule has 0 atom stereocenters. The first-order valence-electron chi connectivity index (χ1n) is 6.58. The second kappa shape index (κ2) is 3.67. The molecule has 1 saturated carbocycles. The molecule has 0 N–H and O–H groups in total. The van der Waals surface area contributed by atoms with Crippen LogP contribution in [-0.2, 0) is 5.41 Å². The van der Waals surface area contributed by atoms with Gasteiger partial charge in [0, 0.05) is 30.0 Å². The lowest BCUT2D eigenvalue weighted by Gasteiger charge is -2.37. The first-order chi connectivity index (χ1) is 7.99. The fourth-order valence-electron chi connectivity index (χ4n) is 2.83. The lowest BCUT2D eigenvalue weighted by Crippen LogP contribution is -2.33. The van der Waals surface area contributed by atoms with Gasteiger partial charge in [-0.2, -0.15) is 4.37 Å². The molecule has 1 aliphatic heterocycles. The fourth-order valence-corrected chi connectivity index (χ4v) is 3.71. The molecule has 0 bridgehead atoms. The van der Waals surface area contributed by atoms with Crippen molar-refractivity contribution in [1.29, 1.82) is 0 Å². The zero-order valence-electron chi connectivity index (χ0n) is 11.0. The van der Waals surface area contributed by atoms with Gasteiger partial charge in [-0.05, 0) is 24.7 Å². The summed E-state index contributed by atoms with van der Waals surface area (Å²) in [6.45, 7) is 8.92. The first kappa shape index (κ1) is 11.5.